The maximum Gasteiger partial charge on any atom is 0.337 e. The summed E-state index contributed by atoms with van der Waals surface area (Å²) in [6.45, 7) is 3.73. The summed E-state index contributed by atoms with van der Waals surface area (Å²) in [6.07, 6.45) is 1.88. The van der Waals surface area contributed by atoms with Crippen molar-refractivity contribution >= 4 is 51.9 Å². The monoisotopic (exact) mass is 553 g/mol. The van der Waals surface area contributed by atoms with Gasteiger partial charge in [-0.15, -0.1) is 0 Å². The Morgan fingerprint density at radius 1 is 1.15 bits per heavy atom. The quantitative estimate of drug-likeness (QED) is 0.211. The summed E-state index contributed by atoms with van der Waals surface area (Å²) in [7, 11) is 3.03. The van der Waals surface area contributed by atoms with Crippen LogP contribution in [0.4, 0.5) is 17.5 Å². The lowest BCUT2D eigenvalue weighted by atomic mass is 10.0. The van der Waals surface area contributed by atoms with Crippen LogP contribution in [0.1, 0.15) is 41.1 Å². The minimum atomic E-state index is -1.08. The summed E-state index contributed by atoms with van der Waals surface area (Å²) in [5, 5.41) is 16.5. The van der Waals surface area contributed by atoms with Gasteiger partial charge in [0.2, 0.25) is 17.6 Å². The minimum absolute atomic E-state index is 0.0358. The fourth-order valence-electron chi connectivity index (χ4n) is 4.00. The van der Waals surface area contributed by atoms with Gasteiger partial charge in [-0.3, -0.25) is 4.79 Å². The summed E-state index contributed by atoms with van der Waals surface area (Å²) >= 11 is 6.08. The lowest BCUT2D eigenvalue weighted by Crippen LogP contribution is -2.20. The van der Waals surface area contributed by atoms with E-state index in [0.29, 0.717) is 51.4 Å². The highest BCUT2D eigenvalue weighted by Gasteiger charge is 2.21. The first-order chi connectivity index (χ1) is 18.6. The van der Waals surface area contributed by atoms with E-state index in [1.54, 1.807) is 20.0 Å². The van der Waals surface area contributed by atoms with Crippen molar-refractivity contribution in [1.29, 1.82) is 0 Å². The van der Waals surface area contributed by atoms with E-state index in [2.05, 4.69) is 20.6 Å². The van der Waals surface area contributed by atoms with E-state index in [9.17, 15) is 14.7 Å². The molecule has 204 valence electrons. The topological polar surface area (TPSA) is 162 Å². The molecular formula is C27H28ClN5O6. The zero-order valence-electron chi connectivity index (χ0n) is 21.8. The highest BCUT2D eigenvalue weighted by Crippen LogP contribution is 2.41. The van der Waals surface area contributed by atoms with E-state index in [4.69, 9.17) is 31.2 Å². The number of hydrogen-bond acceptors (Lipinski definition) is 9. The molecule has 0 saturated carbocycles. The van der Waals surface area contributed by atoms with Crippen LogP contribution in [0.2, 0.25) is 5.02 Å². The third-order valence-electron chi connectivity index (χ3n) is 5.98. The highest BCUT2D eigenvalue weighted by atomic mass is 35.5. The third-order valence-corrected chi connectivity index (χ3v) is 6.22. The molecule has 2 aromatic carbocycles. The van der Waals surface area contributed by atoms with Crippen LogP contribution in [0.3, 0.4) is 0 Å². The van der Waals surface area contributed by atoms with Gasteiger partial charge in [-0.25, -0.2) is 9.78 Å². The second-order valence-corrected chi connectivity index (χ2v) is 9.43. The van der Waals surface area contributed by atoms with E-state index in [0.717, 1.165) is 10.9 Å². The van der Waals surface area contributed by atoms with Gasteiger partial charge in [-0.2, -0.15) is 4.98 Å². The van der Waals surface area contributed by atoms with Gasteiger partial charge < -0.3 is 35.4 Å². The average Bonchev–Trinajstić information content (AvgIpc) is 3.32. The Hall–Kier alpha value is -4.51. The zero-order valence-corrected chi connectivity index (χ0v) is 22.5. The number of fused-ring (bicyclic) bond motifs is 1. The minimum Gasteiger partial charge on any atom is -0.493 e. The third kappa shape index (κ3) is 5.99. The molecule has 39 heavy (non-hydrogen) atoms. The largest absolute Gasteiger partial charge is 0.493 e. The predicted octanol–water partition coefficient (Wildman–Crippen LogP) is 4.97. The number of nitrogens with one attached hydrogen (secondary N) is 2. The van der Waals surface area contributed by atoms with Crippen molar-refractivity contribution in [2.45, 2.75) is 26.8 Å². The molecule has 0 spiro atoms. The first kappa shape index (κ1) is 27.5. The second kappa shape index (κ2) is 11.5. The van der Waals surface area contributed by atoms with Crippen LogP contribution < -0.4 is 25.8 Å². The molecule has 2 heterocycles. The lowest BCUT2D eigenvalue weighted by molar-refractivity contribution is -0.118. The van der Waals surface area contributed by atoms with Crippen molar-refractivity contribution in [1.82, 2.24) is 9.97 Å². The Kier molecular flexibility index (Phi) is 8.10. The number of carboxylic acids is 1. The molecule has 0 unspecified atom stereocenters. The van der Waals surface area contributed by atoms with Crippen molar-refractivity contribution in [2.75, 3.05) is 30.6 Å². The molecule has 0 fully saturated rings. The molecule has 0 radical (unpaired) electrons. The molecule has 0 bridgehead atoms. The number of carboxylic acid groups (broad SMARTS) is 1. The Balaban J connectivity index is 1.74. The van der Waals surface area contributed by atoms with E-state index in [1.807, 2.05) is 12.1 Å². The first-order valence-electron chi connectivity index (χ1n) is 12.0. The van der Waals surface area contributed by atoms with Crippen molar-refractivity contribution in [3.05, 3.63) is 64.0 Å². The number of furan rings is 1. The molecule has 1 amide bonds. The van der Waals surface area contributed by atoms with Gasteiger partial charge in [0.1, 0.15) is 11.6 Å². The van der Waals surface area contributed by atoms with E-state index in [-0.39, 0.29) is 29.9 Å². The van der Waals surface area contributed by atoms with Crippen molar-refractivity contribution in [2.24, 2.45) is 5.92 Å². The smallest absolute Gasteiger partial charge is 0.337 e. The number of amides is 1. The van der Waals surface area contributed by atoms with Gasteiger partial charge in [-0.05, 0) is 35.9 Å². The molecule has 0 aliphatic carbocycles. The van der Waals surface area contributed by atoms with E-state index in [1.165, 1.54) is 32.4 Å². The molecule has 12 heteroatoms. The normalized spacial score (nSPS) is 11.0. The fourth-order valence-corrected chi connectivity index (χ4v) is 4.17. The molecule has 0 aliphatic rings. The molecular weight excluding hydrogens is 526 g/mol. The highest BCUT2D eigenvalue weighted by molar-refractivity contribution is 6.31. The van der Waals surface area contributed by atoms with Crippen molar-refractivity contribution < 1.29 is 28.6 Å². The molecule has 4 aromatic rings. The zero-order chi connectivity index (χ0) is 28.3. The summed E-state index contributed by atoms with van der Waals surface area (Å²) in [4.78, 5) is 32.4. The van der Waals surface area contributed by atoms with Crippen LogP contribution in [0.5, 0.6) is 11.5 Å². The van der Waals surface area contributed by atoms with Gasteiger partial charge in [0, 0.05) is 34.5 Å². The molecule has 11 nitrogen and oxygen atoms in total. The number of nitrogens with two attached hydrogens (primary N) is 1. The lowest BCUT2D eigenvalue weighted by Gasteiger charge is -2.14. The number of rotatable bonds is 10. The maximum absolute atomic E-state index is 12.4. The number of aromatic nitrogens is 2. The molecule has 0 aliphatic heterocycles. The average molecular weight is 554 g/mol. The van der Waals surface area contributed by atoms with Crippen LogP contribution in [0, 0.1) is 5.92 Å². The summed E-state index contributed by atoms with van der Waals surface area (Å²) in [6, 6.07) is 8.13. The Bertz CT molecular complexity index is 1550. The predicted molar refractivity (Wildman–Crippen MR) is 148 cm³/mol. The van der Waals surface area contributed by atoms with Gasteiger partial charge in [0.25, 0.3) is 0 Å². The number of benzene rings is 2. The second-order valence-electron chi connectivity index (χ2n) is 9.00. The summed E-state index contributed by atoms with van der Waals surface area (Å²) in [5.74, 6) is 0.163. The number of nitrogen functional groups attached to an aromatic ring is 1. The van der Waals surface area contributed by atoms with Crippen molar-refractivity contribution in [3.8, 4) is 11.5 Å². The maximum atomic E-state index is 12.4. The number of carbonyl (C=O) groups is 2. The fraction of sp³-hybridized carbons (Fsp3) is 0.259. The number of nitrogens with zero attached hydrogens (tertiary/aromatic N) is 2. The van der Waals surface area contributed by atoms with Crippen LogP contribution in [0.25, 0.3) is 11.0 Å². The Morgan fingerprint density at radius 3 is 2.59 bits per heavy atom. The van der Waals surface area contributed by atoms with Gasteiger partial charge >= 0.3 is 5.97 Å². The summed E-state index contributed by atoms with van der Waals surface area (Å²) < 4.78 is 17.3. The summed E-state index contributed by atoms with van der Waals surface area (Å²) in [5.41, 5.74) is 8.09. The van der Waals surface area contributed by atoms with E-state index >= 15 is 0 Å². The Labute approximate surface area is 229 Å². The van der Waals surface area contributed by atoms with E-state index < -0.39 is 5.97 Å². The van der Waals surface area contributed by atoms with Crippen LogP contribution in [-0.2, 0) is 17.8 Å². The van der Waals surface area contributed by atoms with Gasteiger partial charge in [0.15, 0.2) is 11.3 Å². The number of methoxy groups -OCH3 is 2. The standard InChI is InChI=1S/C27H28ClN5O6/c1-13(2)25(34)32-24-15(11-31-27(29)33-24)7-14-8-21(37-3)23(38-4)22-19(14)10-17(39-22)12-30-20-9-16(28)5-6-18(20)26(35)36/h5-6,8-11,13,30H,7,12H2,1-4H3,(H,35,36)(H3,29,31,32,33,34). The van der Waals surface area contributed by atoms with Crippen LogP contribution in [-0.4, -0.2) is 41.2 Å². The number of hydrogen-bond donors (Lipinski definition) is 4. The van der Waals surface area contributed by atoms with Gasteiger partial charge in [-0.1, -0.05) is 25.4 Å². The molecule has 0 atom stereocenters. The van der Waals surface area contributed by atoms with Crippen LogP contribution in [0.15, 0.2) is 40.9 Å². The van der Waals surface area contributed by atoms with Gasteiger partial charge in [0.05, 0.1) is 32.0 Å². The van der Waals surface area contributed by atoms with Crippen molar-refractivity contribution in [3.63, 3.8) is 0 Å². The number of ether oxygens (including phenoxy) is 2. The molecule has 4 rings (SSSR count). The number of halogens is 1. The molecule has 5 N–H and O–H groups in total. The Morgan fingerprint density at radius 2 is 1.92 bits per heavy atom. The molecule has 2 aromatic heterocycles. The number of carbonyl (C=O) groups excluding carboxylic acids is 1. The number of anilines is 3. The number of aromatic carboxylic acids is 1. The molecule has 0 saturated heterocycles. The SMILES string of the molecule is COc1cc(Cc2cnc(N)nc2NC(=O)C(C)C)c2cc(CNc3cc(Cl)ccc3C(=O)O)oc2c1OC. The first-order valence-corrected chi connectivity index (χ1v) is 12.3. The van der Waals surface area contributed by atoms with Crippen LogP contribution >= 0.6 is 11.6 Å².